The van der Waals surface area contributed by atoms with E-state index in [0.29, 0.717) is 24.8 Å². The third-order valence-corrected chi connectivity index (χ3v) is 4.88. The van der Waals surface area contributed by atoms with E-state index in [-0.39, 0.29) is 5.91 Å². The van der Waals surface area contributed by atoms with Crippen LogP contribution < -0.4 is 5.32 Å². The Labute approximate surface area is 118 Å². The fourth-order valence-electron chi connectivity index (χ4n) is 2.72. The molecule has 0 radical (unpaired) electrons. The molecule has 0 bridgehead atoms. The van der Waals surface area contributed by atoms with Crippen LogP contribution >= 0.6 is 11.8 Å². The lowest BCUT2D eigenvalue weighted by molar-refractivity contribution is -0.149. The normalized spacial score (nSPS) is 28.1. The van der Waals surface area contributed by atoms with E-state index in [1.165, 1.54) is 12.8 Å². The van der Waals surface area contributed by atoms with Crippen molar-refractivity contribution in [2.24, 2.45) is 0 Å². The number of hydrogen-bond acceptors (Lipinski definition) is 4. The van der Waals surface area contributed by atoms with Crippen molar-refractivity contribution in [2.75, 3.05) is 24.6 Å². The number of carbonyl (C=O) groups is 2. The monoisotopic (exact) mass is 286 g/mol. The van der Waals surface area contributed by atoms with Gasteiger partial charge in [0.1, 0.15) is 6.04 Å². The molecule has 2 N–H and O–H groups in total. The van der Waals surface area contributed by atoms with E-state index in [2.05, 4.69) is 5.32 Å². The summed E-state index contributed by atoms with van der Waals surface area (Å²) in [5.74, 6) is 0.483. The molecule has 1 amide bonds. The van der Waals surface area contributed by atoms with Gasteiger partial charge in [-0.1, -0.05) is 6.42 Å². The van der Waals surface area contributed by atoms with E-state index < -0.39 is 12.0 Å². The summed E-state index contributed by atoms with van der Waals surface area (Å²) in [4.78, 5) is 24.9. The van der Waals surface area contributed by atoms with Crippen LogP contribution in [0.15, 0.2) is 0 Å². The van der Waals surface area contributed by atoms with Gasteiger partial charge in [0.05, 0.1) is 0 Å². The second-order valence-electron chi connectivity index (χ2n) is 5.20. The predicted octanol–water partition coefficient (Wildman–Crippen LogP) is 0.937. The molecule has 0 aliphatic carbocycles. The lowest BCUT2D eigenvalue weighted by atomic mass is 10.00. The molecule has 2 rings (SSSR count). The summed E-state index contributed by atoms with van der Waals surface area (Å²) in [6.07, 6.45) is 4.87. The van der Waals surface area contributed by atoms with Crippen molar-refractivity contribution in [1.29, 1.82) is 0 Å². The largest absolute Gasteiger partial charge is 0.480 e. The summed E-state index contributed by atoms with van der Waals surface area (Å²) >= 11 is 1.61. The standard InChI is InChI=1S/C13H22N2O3S/c16-12(5-4-10-3-1-2-6-14-10)15-7-8-19-9-11(15)13(17)18/h10-11,14H,1-9H2,(H,17,18). The molecular formula is C13H22N2O3S. The molecule has 2 heterocycles. The molecule has 2 unspecified atom stereocenters. The Bertz CT molecular complexity index is 332. The van der Waals surface area contributed by atoms with E-state index in [4.69, 9.17) is 5.11 Å². The summed E-state index contributed by atoms with van der Waals surface area (Å²) in [6.45, 7) is 1.61. The lowest BCUT2D eigenvalue weighted by Gasteiger charge is -2.33. The molecule has 2 aliphatic rings. The Balaban J connectivity index is 1.81. The summed E-state index contributed by atoms with van der Waals surface area (Å²) < 4.78 is 0. The zero-order valence-corrected chi connectivity index (χ0v) is 12.0. The molecule has 2 fully saturated rings. The molecule has 6 heteroatoms. The molecule has 108 valence electrons. The van der Waals surface area contributed by atoms with Crippen LogP contribution in [0.5, 0.6) is 0 Å². The molecule has 0 saturated carbocycles. The van der Waals surface area contributed by atoms with Crippen LogP contribution in [0.1, 0.15) is 32.1 Å². The summed E-state index contributed by atoms with van der Waals surface area (Å²) in [5.41, 5.74) is 0. The minimum Gasteiger partial charge on any atom is -0.480 e. The second-order valence-corrected chi connectivity index (χ2v) is 6.35. The van der Waals surface area contributed by atoms with Crippen molar-refractivity contribution in [3.8, 4) is 0 Å². The van der Waals surface area contributed by atoms with Crippen molar-refractivity contribution in [2.45, 2.75) is 44.2 Å². The highest BCUT2D eigenvalue weighted by atomic mass is 32.2. The molecule has 0 aromatic heterocycles. The van der Waals surface area contributed by atoms with Crippen molar-refractivity contribution in [1.82, 2.24) is 10.2 Å². The van der Waals surface area contributed by atoms with Crippen LogP contribution in [-0.2, 0) is 9.59 Å². The summed E-state index contributed by atoms with van der Waals surface area (Å²) in [7, 11) is 0. The third-order valence-electron chi connectivity index (χ3n) is 3.85. The van der Waals surface area contributed by atoms with Crippen molar-refractivity contribution in [3.05, 3.63) is 0 Å². The SMILES string of the molecule is O=C(O)C1CSCCN1C(=O)CCC1CCCCN1. The van der Waals surface area contributed by atoms with E-state index in [1.54, 1.807) is 16.7 Å². The smallest absolute Gasteiger partial charge is 0.327 e. The fourth-order valence-corrected chi connectivity index (χ4v) is 3.76. The number of nitrogens with zero attached hydrogens (tertiary/aromatic N) is 1. The first-order valence-electron chi connectivity index (χ1n) is 7.02. The van der Waals surface area contributed by atoms with Crippen LogP contribution in [0.2, 0.25) is 0 Å². The van der Waals surface area contributed by atoms with Gasteiger partial charge < -0.3 is 15.3 Å². The van der Waals surface area contributed by atoms with Crippen LogP contribution in [0.3, 0.4) is 0 Å². The molecule has 19 heavy (non-hydrogen) atoms. The molecule has 2 aliphatic heterocycles. The van der Waals surface area contributed by atoms with Gasteiger partial charge in [0.25, 0.3) is 0 Å². The quantitative estimate of drug-likeness (QED) is 0.805. The fraction of sp³-hybridized carbons (Fsp3) is 0.846. The number of amides is 1. The number of thioether (sulfide) groups is 1. The van der Waals surface area contributed by atoms with Gasteiger partial charge in [-0.3, -0.25) is 4.79 Å². The highest BCUT2D eigenvalue weighted by molar-refractivity contribution is 7.99. The third kappa shape index (κ3) is 4.11. The van der Waals surface area contributed by atoms with Gasteiger partial charge in [-0.05, 0) is 25.8 Å². The molecule has 2 atom stereocenters. The van der Waals surface area contributed by atoms with E-state index in [9.17, 15) is 9.59 Å². The number of aliphatic carboxylic acids is 1. The Kier molecular flexibility index (Phi) is 5.51. The maximum atomic E-state index is 12.2. The molecule has 0 spiro atoms. The minimum atomic E-state index is -0.878. The van der Waals surface area contributed by atoms with Gasteiger partial charge in [-0.2, -0.15) is 11.8 Å². The molecular weight excluding hydrogens is 264 g/mol. The van der Waals surface area contributed by atoms with Crippen molar-refractivity contribution >= 4 is 23.6 Å². The maximum absolute atomic E-state index is 12.2. The highest BCUT2D eigenvalue weighted by Gasteiger charge is 2.32. The van der Waals surface area contributed by atoms with Gasteiger partial charge in [-0.25, -0.2) is 4.79 Å². The Morgan fingerprint density at radius 1 is 1.37 bits per heavy atom. The summed E-state index contributed by atoms with van der Waals surface area (Å²) in [6, 6.07) is -0.203. The van der Waals surface area contributed by atoms with E-state index >= 15 is 0 Å². The zero-order valence-electron chi connectivity index (χ0n) is 11.1. The average Bonchev–Trinajstić information content (AvgIpc) is 2.46. The van der Waals surface area contributed by atoms with Crippen LogP contribution in [0.25, 0.3) is 0 Å². The number of carbonyl (C=O) groups excluding carboxylic acids is 1. The molecule has 5 nitrogen and oxygen atoms in total. The maximum Gasteiger partial charge on any atom is 0.327 e. The topological polar surface area (TPSA) is 69.6 Å². The van der Waals surface area contributed by atoms with Gasteiger partial charge in [0.15, 0.2) is 0 Å². The van der Waals surface area contributed by atoms with Gasteiger partial charge in [0, 0.05) is 30.5 Å². The predicted molar refractivity (Wildman–Crippen MR) is 75.3 cm³/mol. The number of piperidine rings is 1. The van der Waals surface area contributed by atoms with E-state index in [0.717, 1.165) is 25.1 Å². The summed E-state index contributed by atoms with van der Waals surface area (Å²) in [5, 5.41) is 12.6. The number of carboxylic acids is 1. The number of nitrogens with one attached hydrogen (secondary N) is 1. The van der Waals surface area contributed by atoms with Gasteiger partial charge in [0.2, 0.25) is 5.91 Å². The van der Waals surface area contributed by atoms with Crippen molar-refractivity contribution in [3.63, 3.8) is 0 Å². The molecule has 0 aromatic rings. The van der Waals surface area contributed by atoms with Crippen LogP contribution in [0.4, 0.5) is 0 Å². The van der Waals surface area contributed by atoms with Crippen LogP contribution in [0, 0.1) is 0 Å². The van der Waals surface area contributed by atoms with E-state index in [1.807, 2.05) is 0 Å². The average molecular weight is 286 g/mol. The van der Waals surface area contributed by atoms with Crippen LogP contribution in [-0.4, -0.2) is 58.6 Å². The number of rotatable bonds is 4. The molecule has 2 saturated heterocycles. The van der Waals surface area contributed by atoms with Crippen molar-refractivity contribution < 1.29 is 14.7 Å². The molecule has 0 aromatic carbocycles. The number of carboxylic acid groups (broad SMARTS) is 1. The number of hydrogen-bond donors (Lipinski definition) is 2. The minimum absolute atomic E-state index is 0.0000680. The highest BCUT2D eigenvalue weighted by Crippen LogP contribution is 2.19. The first-order valence-corrected chi connectivity index (χ1v) is 8.17. The van der Waals surface area contributed by atoms with Gasteiger partial charge in [-0.15, -0.1) is 0 Å². The Morgan fingerprint density at radius 3 is 2.89 bits per heavy atom. The Hall–Kier alpha value is -0.750. The Morgan fingerprint density at radius 2 is 2.21 bits per heavy atom. The van der Waals surface area contributed by atoms with Gasteiger partial charge >= 0.3 is 5.97 Å². The first-order chi connectivity index (χ1) is 9.18. The second kappa shape index (κ2) is 7.14. The zero-order chi connectivity index (χ0) is 13.7. The first kappa shape index (κ1) is 14.7. The lowest BCUT2D eigenvalue weighted by Crippen LogP contribution is -2.50.